The molecule has 3 heteroatoms. The van der Waals surface area contributed by atoms with Crippen molar-refractivity contribution in [1.29, 1.82) is 5.26 Å². The van der Waals surface area contributed by atoms with Gasteiger partial charge in [0.25, 0.3) is 0 Å². The van der Waals surface area contributed by atoms with Gasteiger partial charge >= 0.3 is 0 Å². The number of nitriles is 1. The molecule has 3 rings (SSSR count). The minimum atomic E-state index is -0.592. The number of aryl methyl sites for hydroxylation is 1. The molecule has 0 bridgehead atoms. The number of nitrogens with zero attached hydrogens (tertiary/aromatic N) is 2. The van der Waals surface area contributed by atoms with E-state index in [9.17, 15) is 4.39 Å². The lowest BCUT2D eigenvalue weighted by Crippen LogP contribution is -2.37. The second kappa shape index (κ2) is 14.8. The van der Waals surface area contributed by atoms with Crippen LogP contribution in [0.25, 0.3) is 0 Å². The van der Waals surface area contributed by atoms with Crippen LogP contribution in [0.4, 0.5) is 4.39 Å². The van der Waals surface area contributed by atoms with E-state index in [0.717, 1.165) is 32.2 Å². The SMILES string of the molecule is CC#N.CCCN(CCc1ccccc1)C(CC)CCc1ccc(C2CCC(F)C2)cc1. The molecule has 0 spiro atoms. The molecule has 0 N–H and O–H groups in total. The number of benzene rings is 2. The second-order valence-electron chi connectivity index (χ2n) is 8.94. The summed E-state index contributed by atoms with van der Waals surface area (Å²) >= 11 is 0. The van der Waals surface area contributed by atoms with E-state index in [2.05, 4.69) is 73.3 Å². The first-order chi connectivity index (χ1) is 15.6. The maximum Gasteiger partial charge on any atom is 0.101 e. The first-order valence-corrected chi connectivity index (χ1v) is 12.4. The third kappa shape index (κ3) is 8.75. The Balaban J connectivity index is 0.00000114. The van der Waals surface area contributed by atoms with Gasteiger partial charge in [-0.15, -0.1) is 0 Å². The van der Waals surface area contributed by atoms with Crippen molar-refractivity contribution < 1.29 is 4.39 Å². The zero-order valence-electron chi connectivity index (χ0n) is 20.3. The molecule has 174 valence electrons. The molecule has 0 aromatic heterocycles. The fraction of sp³-hybridized carbons (Fsp3) is 0.552. The quantitative estimate of drug-likeness (QED) is 0.365. The Morgan fingerprint density at radius 1 is 0.969 bits per heavy atom. The summed E-state index contributed by atoms with van der Waals surface area (Å²) in [6.45, 7) is 8.36. The third-order valence-electron chi connectivity index (χ3n) is 6.61. The molecule has 32 heavy (non-hydrogen) atoms. The number of hydrogen-bond donors (Lipinski definition) is 0. The Hall–Kier alpha value is -2.18. The monoisotopic (exact) mass is 436 g/mol. The molecule has 1 saturated carbocycles. The first-order valence-electron chi connectivity index (χ1n) is 12.4. The Labute approximate surface area is 195 Å². The van der Waals surface area contributed by atoms with E-state index in [4.69, 9.17) is 5.26 Å². The van der Waals surface area contributed by atoms with Crippen LogP contribution in [0.15, 0.2) is 54.6 Å². The highest BCUT2D eigenvalue weighted by Gasteiger charge is 2.25. The smallest absolute Gasteiger partial charge is 0.101 e. The van der Waals surface area contributed by atoms with Gasteiger partial charge in [-0.05, 0) is 80.5 Å². The summed E-state index contributed by atoms with van der Waals surface area (Å²) in [4.78, 5) is 2.70. The third-order valence-corrected chi connectivity index (χ3v) is 6.61. The van der Waals surface area contributed by atoms with Crippen molar-refractivity contribution in [2.75, 3.05) is 13.1 Å². The largest absolute Gasteiger partial charge is 0.300 e. The van der Waals surface area contributed by atoms with Crippen LogP contribution >= 0.6 is 0 Å². The zero-order valence-corrected chi connectivity index (χ0v) is 20.3. The molecule has 1 aliphatic rings. The summed E-state index contributed by atoms with van der Waals surface area (Å²) in [5, 5.41) is 7.32. The maximum atomic E-state index is 13.5. The van der Waals surface area contributed by atoms with Crippen LogP contribution in [-0.2, 0) is 12.8 Å². The van der Waals surface area contributed by atoms with Crippen molar-refractivity contribution in [3.8, 4) is 6.07 Å². The van der Waals surface area contributed by atoms with E-state index in [0.29, 0.717) is 18.4 Å². The summed E-state index contributed by atoms with van der Waals surface area (Å²) < 4.78 is 13.5. The first kappa shape index (κ1) is 26.1. The van der Waals surface area contributed by atoms with Crippen LogP contribution < -0.4 is 0 Å². The summed E-state index contributed by atoms with van der Waals surface area (Å²) in [5.74, 6) is 0.431. The molecule has 0 aliphatic heterocycles. The molecule has 0 radical (unpaired) electrons. The van der Waals surface area contributed by atoms with Gasteiger partial charge < -0.3 is 4.90 Å². The van der Waals surface area contributed by atoms with E-state index >= 15 is 0 Å². The fourth-order valence-electron chi connectivity index (χ4n) is 4.85. The molecule has 1 aliphatic carbocycles. The molecule has 2 nitrogen and oxygen atoms in total. The van der Waals surface area contributed by atoms with Crippen LogP contribution in [0.5, 0.6) is 0 Å². The fourth-order valence-corrected chi connectivity index (χ4v) is 4.85. The lowest BCUT2D eigenvalue weighted by Gasteiger charge is -2.31. The van der Waals surface area contributed by atoms with Crippen molar-refractivity contribution in [2.24, 2.45) is 0 Å². The van der Waals surface area contributed by atoms with Gasteiger partial charge in [-0.25, -0.2) is 4.39 Å². The van der Waals surface area contributed by atoms with Crippen LogP contribution in [-0.4, -0.2) is 30.2 Å². The van der Waals surface area contributed by atoms with E-state index < -0.39 is 6.17 Å². The molecule has 0 amide bonds. The van der Waals surface area contributed by atoms with Crippen LogP contribution in [0.2, 0.25) is 0 Å². The van der Waals surface area contributed by atoms with Gasteiger partial charge in [0, 0.05) is 19.5 Å². The minimum absolute atomic E-state index is 0.431. The zero-order chi connectivity index (χ0) is 23.2. The van der Waals surface area contributed by atoms with E-state index in [1.807, 2.05) is 0 Å². The summed E-state index contributed by atoms with van der Waals surface area (Å²) in [6.07, 6.45) is 7.73. The normalized spacial score (nSPS) is 18.6. The molecule has 2 aromatic rings. The molecule has 3 atom stereocenters. The Bertz CT molecular complexity index is 781. The van der Waals surface area contributed by atoms with Gasteiger partial charge in [-0.1, -0.05) is 68.4 Å². The van der Waals surface area contributed by atoms with Gasteiger partial charge in [0.1, 0.15) is 6.17 Å². The predicted molar refractivity (Wildman–Crippen MR) is 134 cm³/mol. The average Bonchev–Trinajstić information content (AvgIpc) is 3.25. The van der Waals surface area contributed by atoms with Crippen molar-refractivity contribution in [2.45, 2.75) is 90.3 Å². The number of rotatable bonds is 11. The standard InChI is InChI=1S/C27H38FN.C2H3N/c1-3-19-29(20-18-22-8-6-5-7-9-22)27(4-2)17-12-23-10-13-24(14-11-23)25-15-16-26(28)21-25;1-2-3/h5-11,13-14,25-27H,3-4,12,15-21H2,1-2H3;1H3. The van der Waals surface area contributed by atoms with E-state index in [1.165, 1.54) is 49.4 Å². The van der Waals surface area contributed by atoms with Gasteiger partial charge in [-0.3, -0.25) is 0 Å². The highest BCUT2D eigenvalue weighted by atomic mass is 19.1. The molecule has 3 unspecified atom stereocenters. The predicted octanol–water partition coefficient (Wildman–Crippen LogP) is 7.49. The Morgan fingerprint density at radius 2 is 1.62 bits per heavy atom. The van der Waals surface area contributed by atoms with Gasteiger partial charge in [0.15, 0.2) is 0 Å². The lowest BCUT2D eigenvalue weighted by atomic mass is 9.95. The Morgan fingerprint density at radius 3 is 2.19 bits per heavy atom. The van der Waals surface area contributed by atoms with Crippen LogP contribution in [0, 0.1) is 11.3 Å². The van der Waals surface area contributed by atoms with E-state index in [1.54, 1.807) is 6.07 Å². The highest BCUT2D eigenvalue weighted by Crippen LogP contribution is 2.36. The van der Waals surface area contributed by atoms with Gasteiger partial charge in [0.05, 0.1) is 6.07 Å². The van der Waals surface area contributed by atoms with Crippen molar-refractivity contribution >= 4 is 0 Å². The van der Waals surface area contributed by atoms with Crippen LogP contribution in [0.3, 0.4) is 0 Å². The topological polar surface area (TPSA) is 27.0 Å². The Kier molecular flexibility index (Phi) is 12.1. The average molecular weight is 437 g/mol. The second-order valence-corrected chi connectivity index (χ2v) is 8.94. The summed E-state index contributed by atoms with van der Waals surface area (Å²) in [6, 6.07) is 22.3. The molecule has 2 aromatic carbocycles. The summed E-state index contributed by atoms with van der Waals surface area (Å²) in [7, 11) is 0. The molecular weight excluding hydrogens is 395 g/mol. The summed E-state index contributed by atoms with van der Waals surface area (Å²) in [5.41, 5.74) is 4.18. The highest BCUT2D eigenvalue weighted by molar-refractivity contribution is 5.26. The number of halogens is 1. The van der Waals surface area contributed by atoms with E-state index in [-0.39, 0.29) is 0 Å². The van der Waals surface area contributed by atoms with Gasteiger partial charge in [-0.2, -0.15) is 5.26 Å². The van der Waals surface area contributed by atoms with Crippen molar-refractivity contribution in [1.82, 2.24) is 4.90 Å². The molecule has 1 fully saturated rings. The minimum Gasteiger partial charge on any atom is -0.300 e. The molecule has 0 heterocycles. The van der Waals surface area contributed by atoms with Crippen LogP contribution in [0.1, 0.15) is 81.9 Å². The maximum absolute atomic E-state index is 13.5. The molecular formula is C29H41FN2. The van der Waals surface area contributed by atoms with Crippen molar-refractivity contribution in [3.63, 3.8) is 0 Å². The number of alkyl halides is 1. The lowest BCUT2D eigenvalue weighted by molar-refractivity contribution is 0.183. The van der Waals surface area contributed by atoms with Crippen molar-refractivity contribution in [3.05, 3.63) is 71.3 Å². The molecule has 0 saturated heterocycles. The number of hydrogen-bond acceptors (Lipinski definition) is 2. The van der Waals surface area contributed by atoms with Gasteiger partial charge in [0.2, 0.25) is 0 Å².